The second-order valence-electron chi connectivity index (χ2n) is 8.92. The Kier molecular flexibility index (Phi) is 6.66. The van der Waals surface area contributed by atoms with Crippen LogP contribution in [-0.4, -0.2) is 47.2 Å². The van der Waals surface area contributed by atoms with Crippen molar-refractivity contribution in [2.24, 2.45) is 0 Å². The average Bonchev–Trinajstić information content (AvgIpc) is 3.27. The van der Waals surface area contributed by atoms with Gasteiger partial charge in [-0.15, -0.1) is 13.2 Å². The number of nitrogens with zero attached hydrogens (tertiary/aromatic N) is 2. The van der Waals surface area contributed by atoms with Gasteiger partial charge < -0.3 is 25.1 Å². The van der Waals surface area contributed by atoms with E-state index in [0.29, 0.717) is 29.6 Å². The number of nitrogen functional groups attached to an aromatic ring is 1. The number of likely N-dealkylation sites (tertiary alicyclic amines) is 1. The molecule has 2 atom stereocenters. The summed E-state index contributed by atoms with van der Waals surface area (Å²) in [6.45, 7) is 0.607. The summed E-state index contributed by atoms with van der Waals surface area (Å²) in [6.07, 6.45) is -4.55. The molecule has 3 N–H and O–H groups in total. The second-order valence-corrected chi connectivity index (χ2v) is 8.92. The fourth-order valence-corrected chi connectivity index (χ4v) is 4.72. The molecule has 1 fully saturated rings. The van der Waals surface area contributed by atoms with Gasteiger partial charge in [-0.1, -0.05) is 42.5 Å². The van der Waals surface area contributed by atoms with Gasteiger partial charge in [-0.3, -0.25) is 9.59 Å². The number of anilines is 1. The van der Waals surface area contributed by atoms with Crippen LogP contribution in [0.2, 0.25) is 0 Å². The average molecular weight is 524 g/mol. The third-order valence-corrected chi connectivity index (χ3v) is 6.45. The maximum atomic E-state index is 13.4. The number of alkyl halides is 3. The molecular weight excluding hydrogens is 501 g/mol. The number of fused-ring (bicyclic) bond motifs is 1. The van der Waals surface area contributed by atoms with E-state index in [-0.39, 0.29) is 29.9 Å². The van der Waals surface area contributed by atoms with Crippen LogP contribution in [-0.2, 0) is 0 Å². The zero-order chi connectivity index (χ0) is 26.9. The summed E-state index contributed by atoms with van der Waals surface area (Å²) in [4.78, 5) is 32.2. The lowest BCUT2D eigenvalue weighted by molar-refractivity contribution is -0.274. The Hall–Kier alpha value is -4.54. The Bertz CT molecular complexity index is 1470. The van der Waals surface area contributed by atoms with Crippen molar-refractivity contribution >= 4 is 28.9 Å². The highest BCUT2D eigenvalue weighted by atomic mass is 19.4. The van der Waals surface area contributed by atoms with E-state index in [9.17, 15) is 22.8 Å². The fourth-order valence-electron chi connectivity index (χ4n) is 4.72. The zero-order valence-electron chi connectivity index (χ0n) is 19.9. The molecule has 0 radical (unpaired) electrons. The molecule has 1 aliphatic rings. The number of rotatable bonds is 5. The molecule has 5 rings (SSSR count). The molecule has 38 heavy (non-hydrogen) atoms. The molecule has 1 aliphatic heterocycles. The molecule has 0 unspecified atom stereocenters. The molecule has 2 amide bonds. The smallest absolute Gasteiger partial charge is 0.424 e. The van der Waals surface area contributed by atoms with Crippen molar-refractivity contribution in [1.82, 2.24) is 15.2 Å². The lowest BCUT2D eigenvalue weighted by Gasteiger charge is -2.39. The number of hydrogen-bond acceptors (Lipinski definition) is 6. The number of carbonyl (C=O) groups is 2. The van der Waals surface area contributed by atoms with Crippen molar-refractivity contribution in [3.63, 3.8) is 0 Å². The number of hydrogen-bond donors (Lipinski definition) is 2. The molecule has 4 aromatic rings. The lowest BCUT2D eigenvalue weighted by atomic mass is 9.85. The second kappa shape index (κ2) is 10.1. The third-order valence-electron chi connectivity index (χ3n) is 6.45. The van der Waals surface area contributed by atoms with Crippen molar-refractivity contribution in [2.75, 3.05) is 18.8 Å². The molecule has 2 heterocycles. The highest BCUT2D eigenvalue weighted by Gasteiger charge is 2.36. The van der Waals surface area contributed by atoms with Crippen LogP contribution in [0.25, 0.3) is 11.1 Å². The first kappa shape index (κ1) is 25.1. The van der Waals surface area contributed by atoms with Gasteiger partial charge in [0.05, 0.1) is 5.56 Å². The molecule has 8 nitrogen and oxygen atoms in total. The van der Waals surface area contributed by atoms with Crippen LogP contribution in [0.4, 0.5) is 19.2 Å². The number of aromatic nitrogens is 1. The number of ether oxygens (including phenoxy) is 1. The topological polar surface area (TPSA) is 111 Å². The van der Waals surface area contributed by atoms with Gasteiger partial charge in [-0.25, -0.2) is 0 Å². The monoisotopic (exact) mass is 524 g/mol. The lowest BCUT2D eigenvalue weighted by Crippen LogP contribution is -2.51. The summed E-state index contributed by atoms with van der Waals surface area (Å²) in [7, 11) is 0. The summed E-state index contributed by atoms with van der Waals surface area (Å²) >= 11 is 0. The van der Waals surface area contributed by atoms with Crippen LogP contribution >= 0.6 is 0 Å². The Morgan fingerprint density at radius 3 is 2.55 bits per heavy atom. The van der Waals surface area contributed by atoms with Gasteiger partial charge >= 0.3 is 6.36 Å². The van der Waals surface area contributed by atoms with Crippen LogP contribution in [0, 0.1) is 0 Å². The SMILES string of the molecule is Nc1nc2ccc(C(=O)N3CC[C@@H](NC(=O)c4ccccc4OC(F)(F)F)[C@@H](c4ccccc4)C3)cc2o1. The van der Waals surface area contributed by atoms with Crippen LogP contribution in [0.5, 0.6) is 5.75 Å². The zero-order valence-corrected chi connectivity index (χ0v) is 19.9. The van der Waals surface area contributed by atoms with Gasteiger partial charge in [0, 0.05) is 30.6 Å². The fraction of sp³-hybridized carbons (Fsp3) is 0.222. The number of piperidine rings is 1. The van der Waals surface area contributed by atoms with Gasteiger partial charge in [0.15, 0.2) is 5.58 Å². The molecule has 0 aliphatic carbocycles. The van der Waals surface area contributed by atoms with Crippen molar-refractivity contribution in [1.29, 1.82) is 0 Å². The number of benzene rings is 3. The predicted octanol–water partition coefficient (Wildman–Crippen LogP) is 4.74. The van der Waals surface area contributed by atoms with Crippen molar-refractivity contribution < 1.29 is 31.9 Å². The number of oxazole rings is 1. The van der Waals surface area contributed by atoms with Gasteiger partial charge in [0.25, 0.3) is 17.8 Å². The number of nitrogens with two attached hydrogens (primary N) is 1. The molecule has 0 saturated carbocycles. The minimum absolute atomic E-state index is 0.00695. The molecule has 0 spiro atoms. The van der Waals surface area contributed by atoms with Crippen molar-refractivity contribution in [2.45, 2.75) is 24.7 Å². The largest absolute Gasteiger partial charge is 0.573 e. The Balaban J connectivity index is 1.38. The van der Waals surface area contributed by atoms with E-state index in [4.69, 9.17) is 10.2 Å². The summed E-state index contributed by atoms with van der Waals surface area (Å²) in [5.41, 5.74) is 7.60. The van der Waals surface area contributed by atoms with E-state index in [1.54, 1.807) is 23.1 Å². The highest BCUT2D eigenvalue weighted by molar-refractivity contribution is 5.98. The number of nitrogens with one attached hydrogen (secondary N) is 1. The molecule has 0 bridgehead atoms. The van der Waals surface area contributed by atoms with Gasteiger partial charge in [0.2, 0.25) is 0 Å². The summed E-state index contributed by atoms with van der Waals surface area (Å²) in [5.74, 6) is -1.80. The van der Waals surface area contributed by atoms with Crippen LogP contribution in [0.15, 0.2) is 77.2 Å². The number of carbonyl (C=O) groups excluding carboxylic acids is 2. The highest BCUT2D eigenvalue weighted by Crippen LogP contribution is 2.31. The Labute approximate surface area is 215 Å². The minimum Gasteiger partial charge on any atom is -0.424 e. The summed E-state index contributed by atoms with van der Waals surface area (Å²) < 4.78 is 48.0. The van der Waals surface area contributed by atoms with E-state index in [1.165, 1.54) is 18.2 Å². The van der Waals surface area contributed by atoms with Crippen LogP contribution < -0.4 is 15.8 Å². The van der Waals surface area contributed by atoms with E-state index in [2.05, 4.69) is 15.0 Å². The van der Waals surface area contributed by atoms with Crippen molar-refractivity contribution in [3.05, 3.63) is 89.5 Å². The van der Waals surface area contributed by atoms with E-state index < -0.39 is 24.1 Å². The van der Waals surface area contributed by atoms with Gasteiger partial charge in [-0.2, -0.15) is 4.98 Å². The summed E-state index contributed by atoms with van der Waals surface area (Å²) in [5, 5.41) is 2.87. The maximum Gasteiger partial charge on any atom is 0.573 e. The number of amides is 2. The van der Waals surface area contributed by atoms with E-state index in [0.717, 1.165) is 11.6 Å². The van der Waals surface area contributed by atoms with E-state index >= 15 is 0 Å². The first-order chi connectivity index (χ1) is 18.2. The third kappa shape index (κ3) is 5.41. The first-order valence-electron chi connectivity index (χ1n) is 11.8. The van der Waals surface area contributed by atoms with Crippen LogP contribution in [0.1, 0.15) is 38.6 Å². The molecule has 1 saturated heterocycles. The molecule has 1 aromatic heterocycles. The standard InChI is InChI=1S/C27H23F3N4O4/c28-27(29,30)38-22-9-5-4-8-18(22)24(35)32-20-12-13-34(15-19(20)16-6-2-1-3-7-16)25(36)17-10-11-21-23(14-17)37-26(31)33-21/h1-11,14,19-20H,12-13,15H2,(H2,31,33)(H,32,35)/t19-,20-/m1/s1. The molecular formula is C27H23F3N4O4. The quantitative estimate of drug-likeness (QED) is 0.390. The van der Waals surface area contributed by atoms with Crippen LogP contribution in [0.3, 0.4) is 0 Å². The maximum absolute atomic E-state index is 13.4. The van der Waals surface area contributed by atoms with Gasteiger partial charge in [0.1, 0.15) is 11.3 Å². The first-order valence-corrected chi connectivity index (χ1v) is 11.8. The minimum atomic E-state index is -4.94. The molecule has 196 valence electrons. The molecule has 11 heteroatoms. The van der Waals surface area contributed by atoms with Gasteiger partial charge in [-0.05, 0) is 42.3 Å². The number of para-hydroxylation sites is 1. The van der Waals surface area contributed by atoms with E-state index in [1.807, 2.05) is 30.3 Å². The Morgan fingerprint density at radius 2 is 1.79 bits per heavy atom. The molecule has 3 aromatic carbocycles. The predicted molar refractivity (Wildman–Crippen MR) is 133 cm³/mol. The normalized spacial score (nSPS) is 17.8. The van der Waals surface area contributed by atoms with Crippen molar-refractivity contribution in [3.8, 4) is 5.75 Å². The Morgan fingerprint density at radius 1 is 1.05 bits per heavy atom. The number of halogens is 3. The summed E-state index contributed by atoms with van der Waals surface area (Å²) in [6, 6.07) is 19.0.